The van der Waals surface area contributed by atoms with Gasteiger partial charge in [0.15, 0.2) is 0 Å². The molecule has 0 unspecified atom stereocenters. The van der Waals surface area contributed by atoms with Gasteiger partial charge in [0.05, 0.1) is 6.20 Å². The molecular formula is C4H5ClN2O. The van der Waals surface area contributed by atoms with E-state index >= 15 is 0 Å². The number of halogens is 1. The fourth-order valence-corrected chi connectivity index (χ4v) is 0.574. The number of aliphatic hydroxyl groups is 1. The third-order valence-corrected chi connectivity index (χ3v) is 1.12. The Kier molecular flexibility index (Phi) is 1.50. The molecular weight excluding hydrogens is 128 g/mol. The molecule has 0 aliphatic rings. The highest BCUT2D eigenvalue weighted by molar-refractivity contribution is 6.29. The average Bonchev–Trinajstić information content (AvgIpc) is 2.14. The van der Waals surface area contributed by atoms with Crippen molar-refractivity contribution in [1.82, 2.24) is 9.78 Å². The Labute approximate surface area is 51.5 Å². The smallest absolute Gasteiger partial charge is 0.137 e. The quantitative estimate of drug-likeness (QED) is 0.604. The molecule has 0 aliphatic carbocycles. The van der Waals surface area contributed by atoms with Crippen LogP contribution in [0.25, 0.3) is 0 Å². The molecule has 0 atom stereocenters. The molecule has 8 heavy (non-hydrogen) atoms. The summed E-state index contributed by atoms with van der Waals surface area (Å²) >= 11 is 5.48. The maximum atomic E-state index is 8.42. The molecule has 0 spiro atoms. The van der Waals surface area contributed by atoms with Crippen molar-refractivity contribution in [3.8, 4) is 0 Å². The molecule has 1 aromatic rings. The van der Waals surface area contributed by atoms with E-state index in [1.54, 1.807) is 6.07 Å². The molecule has 3 nitrogen and oxygen atoms in total. The van der Waals surface area contributed by atoms with Crippen molar-refractivity contribution in [1.29, 1.82) is 0 Å². The van der Waals surface area contributed by atoms with Crippen molar-refractivity contribution in [2.45, 2.75) is 6.73 Å². The van der Waals surface area contributed by atoms with Crippen LogP contribution in [0.4, 0.5) is 0 Å². The van der Waals surface area contributed by atoms with Gasteiger partial charge in [-0.05, 0) is 6.07 Å². The van der Waals surface area contributed by atoms with Crippen molar-refractivity contribution in [3.05, 3.63) is 17.4 Å². The van der Waals surface area contributed by atoms with E-state index in [0.29, 0.717) is 5.15 Å². The second-order valence-electron chi connectivity index (χ2n) is 1.29. The first kappa shape index (κ1) is 5.59. The van der Waals surface area contributed by atoms with Gasteiger partial charge in [0.1, 0.15) is 11.9 Å². The zero-order valence-corrected chi connectivity index (χ0v) is 4.84. The zero-order chi connectivity index (χ0) is 5.98. The molecule has 1 N–H and O–H groups in total. The highest BCUT2D eigenvalue weighted by atomic mass is 35.5. The Balaban J connectivity index is 2.92. The monoisotopic (exact) mass is 132 g/mol. The van der Waals surface area contributed by atoms with E-state index in [2.05, 4.69) is 5.10 Å². The van der Waals surface area contributed by atoms with E-state index in [9.17, 15) is 0 Å². The second-order valence-corrected chi connectivity index (χ2v) is 1.68. The Morgan fingerprint density at radius 2 is 2.62 bits per heavy atom. The normalized spacial score (nSPS) is 9.75. The third-order valence-electron chi connectivity index (χ3n) is 0.799. The molecule has 44 valence electrons. The number of aliphatic hydroxyl groups excluding tert-OH is 1. The van der Waals surface area contributed by atoms with Crippen LogP contribution in [-0.2, 0) is 6.73 Å². The first-order chi connectivity index (χ1) is 3.84. The lowest BCUT2D eigenvalue weighted by atomic mass is 10.7. The minimum absolute atomic E-state index is 0.161. The lowest BCUT2D eigenvalue weighted by Crippen LogP contribution is -1.97. The van der Waals surface area contributed by atoms with Gasteiger partial charge in [-0.1, -0.05) is 11.6 Å². The van der Waals surface area contributed by atoms with Gasteiger partial charge in [-0.25, -0.2) is 4.68 Å². The maximum Gasteiger partial charge on any atom is 0.137 e. The van der Waals surface area contributed by atoms with Crippen LogP contribution in [-0.4, -0.2) is 14.9 Å². The summed E-state index contributed by atoms with van der Waals surface area (Å²) in [5.74, 6) is 0. The zero-order valence-electron chi connectivity index (χ0n) is 4.08. The molecule has 0 fully saturated rings. The van der Waals surface area contributed by atoms with Gasteiger partial charge in [-0.15, -0.1) is 0 Å². The predicted octanol–water partition coefficient (Wildman–Crippen LogP) is 0.486. The fraction of sp³-hybridized carbons (Fsp3) is 0.250. The molecule has 0 aliphatic heterocycles. The van der Waals surface area contributed by atoms with Crippen LogP contribution < -0.4 is 0 Å². The highest BCUT2D eigenvalue weighted by Crippen LogP contribution is 2.03. The summed E-state index contributed by atoms with van der Waals surface area (Å²) in [6.07, 6.45) is 1.53. The third kappa shape index (κ3) is 0.827. The molecule has 1 rings (SSSR count). The maximum absolute atomic E-state index is 8.42. The average molecular weight is 133 g/mol. The molecule has 1 heterocycles. The van der Waals surface area contributed by atoms with Gasteiger partial charge in [0.25, 0.3) is 0 Å². The summed E-state index contributed by atoms with van der Waals surface area (Å²) in [5.41, 5.74) is 0. The van der Waals surface area contributed by atoms with Crippen LogP contribution in [0.15, 0.2) is 12.3 Å². The van der Waals surface area contributed by atoms with E-state index in [1.807, 2.05) is 0 Å². The van der Waals surface area contributed by atoms with E-state index in [1.165, 1.54) is 10.9 Å². The summed E-state index contributed by atoms with van der Waals surface area (Å²) in [5, 5.41) is 12.5. The van der Waals surface area contributed by atoms with Crippen LogP contribution in [0.5, 0.6) is 0 Å². The summed E-state index contributed by atoms with van der Waals surface area (Å²) in [6, 6.07) is 1.61. The molecule has 0 bridgehead atoms. The number of hydrogen-bond donors (Lipinski definition) is 1. The highest BCUT2D eigenvalue weighted by Gasteiger charge is 1.92. The van der Waals surface area contributed by atoms with Crippen LogP contribution in [0, 0.1) is 0 Å². The molecule has 0 saturated heterocycles. The van der Waals surface area contributed by atoms with Crippen molar-refractivity contribution in [2.75, 3.05) is 0 Å². The summed E-state index contributed by atoms with van der Waals surface area (Å²) < 4.78 is 1.28. The molecule has 4 heteroatoms. The van der Waals surface area contributed by atoms with Gasteiger partial charge in [-0.3, -0.25) is 0 Å². The minimum atomic E-state index is -0.161. The van der Waals surface area contributed by atoms with Crippen molar-refractivity contribution < 1.29 is 5.11 Å². The Bertz CT molecular complexity index is 174. The molecule has 0 saturated carbocycles. The van der Waals surface area contributed by atoms with Crippen molar-refractivity contribution >= 4 is 11.6 Å². The number of hydrogen-bond acceptors (Lipinski definition) is 2. The Morgan fingerprint density at radius 3 is 2.88 bits per heavy atom. The SMILES string of the molecule is OCn1nccc1Cl. The van der Waals surface area contributed by atoms with Gasteiger partial charge in [0.2, 0.25) is 0 Å². The van der Waals surface area contributed by atoms with E-state index in [4.69, 9.17) is 16.7 Å². The number of aromatic nitrogens is 2. The lowest BCUT2D eigenvalue weighted by Gasteiger charge is -1.92. The van der Waals surface area contributed by atoms with Gasteiger partial charge >= 0.3 is 0 Å². The molecule has 0 amide bonds. The standard InChI is InChI=1S/C4H5ClN2O/c5-4-1-2-6-7(4)3-8/h1-2,8H,3H2. The molecule has 1 aromatic heterocycles. The van der Waals surface area contributed by atoms with Gasteiger partial charge < -0.3 is 5.11 Å². The van der Waals surface area contributed by atoms with Crippen LogP contribution in [0.3, 0.4) is 0 Å². The van der Waals surface area contributed by atoms with Crippen molar-refractivity contribution in [3.63, 3.8) is 0 Å². The Morgan fingerprint density at radius 1 is 1.88 bits per heavy atom. The van der Waals surface area contributed by atoms with Crippen LogP contribution >= 0.6 is 11.6 Å². The van der Waals surface area contributed by atoms with E-state index in [0.717, 1.165) is 0 Å². The predicted molar refractivity (Wildman–Crippen MR) is 29.5 cm³/mol. The summed E-state index contributed by atoms with van der Waals surface area (Å²) in [7, 11) is 0. The van der Waals surface area contributed by atoms with Crippen LogP contribution in [0.2, 0.25) is 5.15 Å². The second kappa shape index (κ2) is 2.15. The minimum Gasteiger partial charge on any atom is -0.374 e. The van der Waals surface area contributed by atoms with Crippen molar-refractivity contribution in [2.24, 2.45) is 0 Å². The van der Waals surface area contributed by atoms with Crippen LogP contribution in [0.1, 0.15) is 0 Å². The Hall–Kier alpha value is -0.540. The summed E-state index contributed by atoms with van der Waals surface area (Å²) in [6.45, 7) is -0.161. The molecule has 0 aromatic carbocycles. The first-order valence-corrected chi connectivity index (χ1v) is 2.50. The van der Waals surface area contributed by atoms with E-state index in [-0.39, 0.29) is 6.73 Å². The molecule has 0 radical (unpaired) electrons. The largest absolute Gasteiger partial charge is 0.374 e. The first-order valence-electron chi connectivity index (χ1n) is 2.13. The number of nitrogens with zero attached hydrogens (tertiary/aromatic N) is 2. The van der Waals surface area contributed by atoms with Gasteiger partial charge in [0, 0.05) is 0 Å². The fourth-order valence-electron chi connectivity index (χ4n) is 0.421. The topological polar surface area (TPSA) is 38.0 Å². The number of rotatable bonds is 1. The summed E-state index contributed by atoms with van der Waals surface area (Å²) in [4.78, 5) is 0. The lowest BCUT2D eigenvalue weighted by molar-refractivity contribution is 0.195. The van der Waals surface area contributed by atoms with E-state index < -0.39 is 0 Å². The van der Waals surface area contributed by atoms with Gasteiger partial charge in [-0.2, -0.15) is 5.10 Å².